The number of anilines is 1. The highest BCUT2D eigenvalue weighted by Gasteiger charge is 2.12. The summed E-state index contributed by atoms with van der Waals surface area (Å²) in [5.74, 6) is 0.731. The first-order valence-electron chi connectivity index (χ1n) is 8.85. The smallest absolute Gasteiger partial charge is 0.338 e. The predicted octanol–water partition coefficient (Wildman–Crippen LogP) is 4.60. The Balaban J connectivity index is 1.95. The van der Waals surface area contributed by atoms with E-state index in [1.165, 1.54) is 0 Å². The van der Waals surface area contributed by atoms with Crippen LogP contribution >= 0.6 is 15.9 Å². The molecule has 0 saturated heterocycles. The van der Waals surface area contributed by atoms with E-state index in [1.807, 2.05) is 12.1 Å². The molecule has 0 aliphatic rings. The van der Waals surface area contributed by atoms with Crippen LogP contribution in [0.1, 0.15) is 36.2 Å². The lowest BCUT2D eigenvalue weighted by molar-refractivity contribution is -0.116. The van der Waals surface area contributed by atoms with E-state index in [0.29, 0.717) is 35.6 Å². The van der Waals surface area contributed by atoms with Crippen LogP contribution < -0.4 is 14.8 Å². The highest BCUT2D eigenvalue weighted by Crippen LogP contribution is 2.33. The van der Waals surface area contributed by atoms with Gasteiger partial charge in [-0.1, -0.05) is 15.9 Å². The summed E-state index contributed by atoms with van der Waals surface area (Å²) in [7, 11) is 3.15. The third-order valence-electron chi connectivity index (χ3n) is 3.92. The van der Waals surface area contributed by atoms with E-state index >= 15 is 0 Å². The molecular formula is C21H24BrNO5. The van der Waals surface area contributed by atoms with E-state index in [1.54, 1.807) is 52.3 Å². The summed E-state index contributed by atoms with van der Waals surface area (Å²) < 4.78 is 16.6. The third kappa shape index (κ3) is 5.99. The van der Waals surface area contributed by atoms with E-state index < -0.39 is 0 Å². The second kappa shape index (κ2) is 10.1. The van der Waals surface area contributed by atoms with Crippen molar-refractivity contribution in [3.8, 4) is 11.5 Å². The van der Waals surface area contributed by atoms with Crippen molar-refractivity contribution in [1.82, 2.24) is 0 Å². The molecular weight excluding hydrogens is 426 g/mol. The van der Waals surface area contributed by atoms with Crippen LogP contribution in [-0.4, -0.2) is 32.2 Å². The Morgan fingerprint density at radius 3 is 2.21 bits per heavy atom. The van der Waals surface area contributed by atoms with Crippen LogP contribution in [0, 0.1) is 0 Å². The number of rotatable bonds is 8. The first-order valence-corrected chi connectivity index (χ1v) is 9.64. The maximum absolute atomic E-state index is 12.3. The van der Waals surface area contributed by atoms with Gasteiger partial charge < -0.3 is 19.5 Å². The molecule has 150 valence electrons. The number of halogens is 1. The highest BCUT2D eigenvalue weighted by molar-refractivity contribution is 9.10. The lowest BCUT2D eigenvalue weighted by Crippen LogP contribution is -2.13. The lowest BCUT2D eigenvalue weighted by atomic mass is 10.1. The lowest BCUT2D eigenvalue weighted by Gasteiger charge is -2.12. The van der Waals surface area contributed by atoms with Crippen molar-refractivity contribution >= 4 is 33.5 Å². The second-order valence-electron chi connectivity index (χ2n) is 6.38. The number of benzene rings is 2. The second-order valence-corrected chi connectivity index (χ2v) is 7.23. The summed E-state index contributed by atoms with van der Waals surface area (Å²) in [5, 5.41) is 2.83. The van der Waals surface area contributed by atoms with Crippen LogP contribution in [0.3, 0.4) is 0 Å². The predicted molar refractivity (Wildman–Crippen MR) is 111 cm³/mol. The van der Waals surface area contributed by atoms with Crippen LogP contribution in [0.2, 0.25) is 0 Å². The van der Waals surface area contributed by atoms with Gasteiger partial charge in [-0.05, 0) is 62.2 Å². The number of carbonyl (C=O) groups excluding carboxylic acids is 2. The summed E-state index contributed by atoms with van der Waals surface area (Å²) in [6, 6.07) is 10.3. The first-order chi connectivity index (χ1) is 13.3. The van der Waals surface area contributed by atoms with Gasteiger partial charge in [-0.2, -0.15) is 0 Å². The quantitative estimate of drug-likeness (QED) is 0.595. The molecule has 0 aliphatic carbocycles. The zero-order chi connectivity index (χ0) is 20.7. The van der Waals surface area contributed by atoms with Gasteiger partial charge in [0.2, 0.25) is 5.91 Å². The van der Waals surface area contributed by atoms with Crippen molar-refractivity contribution in [3.05, 3.63) is 52.0 Å². The average Bonchev–Trinajstić information content (AvgIpc) is 2.66. The molecule has 2 aromatic carbocycles. The third-order valence-corrected chi connectivity index (χ3v) is 4.66. The van der Waals surface area contributed by atoms with Crippen LogP contribution in [0.4, 0.5) is 5.69 Å². The number of esters is 1. The fourth-order valence-electron chi connectivity index (χ4n) is 2.53. The normalized spacial score (nSPS) is 10.5. The maximum atomic E-state index is 12.3. The summed E-state index contributed by atoms with van der Waals surface area (Å²) in [4.78, 5) is 24.1. The molecule has 2 aromatic rings. The maximum Gasteiger partial charge on any atom is 0.338 e. The Morgan fingerprint density at radius 2 is 1.64 bits per heavy atom. The number of amides is 1. The highest BCUT2D eigenvalue weighted by atomic mass is 79.9. The fraction of sp³-hybridized carbons (Fsp3) is 0.333. The number of hydrogen-bond donors (Lipinski definition) is 1. The Morgan fingerprint density at radius 1 is 1.04 bits per heavy atom. The van der Waals surface area contributed by atoms with Gasteiger partial charge >= 0.3 is 5.97 Å². The molecule has 0 saturated carbocycles. The Kier molecular flexibility index (Phi) is 7.87. The molecule has 0 aromatic heterocycles. The zero-order valence-corrected chi connectivity index (χ0v) is 18.0. The van der Waals surface area contributed by atoms with Crippen LogP contribution in [0.5, 0.6) is 11.5 Å². The van der Waals surface area contributed by atoms with Crippen molar-refractivity contribution in [1.29, 1.82) is 0 Å². The Hall–Kier alpha value is -2.54. The topological polar surface area (TPSA) is 73.9 Å². The largest absolute Gasteiger partial charge is 0.493 e. The first kappa shape index (κ1) is 21.8. The van der Waals surface area contributed by atoms with E-state index in [2.05, 4.69) is 21.2 Å². The number of nitrogens with one attached hydrogen (secondary N) is 1. The molecule has 7 heteroatoms. The Labute approximate surface area is 173 Å². The van der Waals surface area contributed by atoms with Gasteiger partial charge in [-0.25, -0.2) is 4.79 Å². The molecule has 0 unspecified atom stereocenters. The van der Waals surface area contributed by atoms with Crippen molar-refractivity contribution in [2.45, 2.75) is 32.8 Å². The van der Waals surface area contributed by atoms with Gasteiger partial charge in [-0.3, -0.25) is 4.79 Å². The zero-order valence-electron chi connectivity index (χ0n) is 16.4. The van der Waals surface area contributed by atoms with Gasteiger partial charge in [-0.15, -0.1) is 0 Å². The molecule has 0 fully saturated rings. The van der Waals surface area contributed by atoms with Gasteiger partial charge in [0.25, 0.3) is 0 Å². The fourth-order valence-corrected chi connectivity index (χ4v) is 3.05. The monoisotopic (exact) mass is 449 g/mol. The minimum absolute atomic E-state index is 0.126. The molecule has 1 amide bonds. The number of ether oxygens (including phenoxy) is 3. The molecule has 0 radical (unpaired) electrons. The van der Waals surface area contributed by atoms with E-state index in [4.69, 9.17) is 14.2 Å². The number of hydrogen-bond acceptors (Lipinski definition) is 5. The number of carbonyl (C=O) groups is 2. The molecule has 6 nitrogen and oxygen atoms in total. The number of aryl methyl sites for hydroxylation is 1. The summed E-state index contributed by atoms with van der Waals surface area (Å²) in [5.41, 5.74) is 2.01. The molecule has 0 atom stereocenters. The van der Waals surface area contributed by atoms with E-state index in [-0.39, 0.29) is 18.0 Å². The molecule has 0 heterocycles. The molecule has 1 N–H and O–H groups in total. The Bertz CT molecular complexity index is 833. The minimum atomic E-state index is -0.383. The SMILES string of the molecule is COc1cc(Br)c(CCC(=O)Nc2ccc(C(=O)OC(C)C)cc2)cc1OC. The molecule has 28 heavy (non-hydrogen) atoms. The van der Waals surface area contributed by atoms with Crippen molar-refractivity contribution in [2.75, 3.05) is 19.5 Å². The van der Waals surface area contributed by atoms with E-state index in [0.717, 1.165) is 10.0 Å². The van der Waals surface area contributed by atoms with Crippen molar-refractivity contribution in [3.63, 3.8) is 0 Å². The average molecular weight is 450 g/mol. The summed E-state index contributed by atoms with van der Waals surface area (Å²) >= 11 is 3.50. The van der Waals surface area contributed by atoms with Gasteiger partial charge in [0, 0.05) is 16.6 Å². The van der Waals surface area contributed by atoms with Crippen LogP contribution in [0.25, 0.3) is 0 Å². The molecule has 0 spiro atoms. The molecule has 0 bridgehead atoms. The van der Waals surface area contributed by atoms with Gasteiger partial charge in [0.1, 0.15) is 0 Å². The summed E-state index contributed by atoms with van der Waals surface area (Å²) in [6.45, 7) is 3.59. The molecule has 0 aliphatic heterocycles. The van der Waals surface area contributed by atoms with Crippen LogP contribution in [0.15, 0.2) is 40.9 Å². The standard InChI is InChI=1S/C21H24BrNO5/c1-13(2)28-21(25)14-5-8-16(9-6-14)23-20(24)10-7-15-11-18(26-3)19(27-4)12-17(15)22/h5-6,8-9,11-13H,7,10H2,1-4H3,(H,23,24). The van der Waals surface area contributed by atoms with Crippen molar-refractivity contribution < 1.29 is 23.8 Å². The number of methoxy groups -OCH3 is 2. The minimum Gasteiger partial charge on any atom is -0.493 e. The molecule has 2 rings (SSSR count). The van der Waals surface area contributed by atoms with Gasteiger partial charge in [0.05, 0.1) is 25.9 Å². The van der Waals surface area contributed by atoms with Crippen molar-refractivity contribution in [2.24, 2.45) is 0 Å². The van der Waals surface area contributed by atoms with Crippen LogP contribution in [-0.2, 0) is 16.0 Å². The van der Waals surface area contributed by atoms with Gasteiger partial charge in [0.15, 0.2) is 11.5 Å². The van der Waals surface area contributed by atoms with E-state index in [9.17, 15) is 9.59 Å². The summed E-state index contributed by atoms with van der Waals surface area (Å²) in [6.07, 6.45) is 0.652.